The third-order valence-corrected chi connectivity index (χ3v) is 16.1. The molecule has 3 aromatic heterocycles. The molecule has 0 aliphatic heterocycles. The predicted octanol–water partition coefficient (Wildman–Crippen LogP) is 9.87. The molecule has 0 N–H and O–H groups in total. The van der Waals surface area contributed by atoms with Gasteiger partial charge in [-0.25, -0.2) is 14.8 Å². The SMILES string of the molecule is [C-]#[N+]c1cc(-c2cn(-c3c(C)cccc3C)cn2)cc([Si](c2ccccc2)(c2ccccc2)c2ccc3c4ccccc4n(-c4cc(C(C)(C)C)ccn4)c3c2)c1. The number of aryl methyl sites for hydroxylation is 2. The van der Waals surface area contributed by atoms with Crippen molar-refractivity contribution < 1.29 is 0 Å². The van der Waals surface area contributed by atoms with E-state index in [1.807, 2.05) is 18.6 Å². The van der Waals surface area contributed by atoms with Crippen molar-refractivity contribution in [3.05, 3.63) is 198 Å². The molecule has 0 atom stereocenters. The molecule has 0 aliphatic carbocycles. The third-order valence-electron chi connectivity index (χ3n) is 11.4. The lowest BCUT2D eigenvalue weighted by molar-refractivity contribution is 0.588. The van der Waals surface area contributed by atoms with Crippen LogP contribution in [0.15, 0.2) is 170 Å². The van der Waals surface area contributed by atoms with Crippen LogP contribution >= 0.6 is 0 Å². The molecule has 9 rings (SSSR count). The lowest BCUT2D eigenvalue weighted by Crippen LogP contribution is -2.74. The van der Waals surface area contributed by atoms with E-state index in [9.17, 15) is 0 Å². The van der Waals surface area contributed by atoms with Gasteiger partial charge in [-0.3, -0.25) is 4.57 Å². The molecule has 276 valence electrons. The standard InChI is InChI=1S/C51H43N5Si/c1-35-16-15-17-36(2)50(35)55-33-46(54-34-55)37-28-39(52-6)31-43(29-37)57(40-18-9-7-10-19-40,41-20-11-8-12-21-41)42-24-25-45-44-22-13-14-23-47(44)56(48(45)32-42)49-30-38(26-27-53-49)51(3,4)5/h7-34H,1-5H3. The monoisotopic (exact) mass is 753 g/mol. The van der Waals surface area contributed by atoms with Gasteiger partial charge in [0.15, 0.2) is 13.8 Å². The van der Waals surface area contributed by atoms with Crippen LogP contribution in [0.25, 0.3) is 49.4 Å². The molecule has 0 saturated heterocycles. The quantitative estimate of drug-likeness (QED) is 0.0924. The van der Waals surface area contributed by atoms with Crippen molar-refractivity contribution in [2.24, 2.45) is 0 Å². The average molecular weight is 754 g/mol. The number of hydrogen-bond donors (Lipinski definition) is 0. The second-order valence-corrected chi connectivity index (χ2v) is 19.8. The Kier molecular flexibility index (Phi) is 8.83. The van der Waals surface area contributed by atoms with Crippen LogP contribution in [0.2, 0.25) is 0 Å². The van der Waals surface area contributed by atoms with E-state index in [1.54, 1.807) is 0 Å². The Morgan fingerprint density at radius 1 is 0.596 bits per heavy atom. The summed E-state index contributed by atoms with van der Waals surface area (Å²) in [6.45, 7) is 19.4. The number of hydrogen-bond acceptors (Lipinski definition) is 2. The minimum Gasteiger partial charge on any atom is -0.305 e. The van der Waals surface area contributed by atoms with E-state index < -0.39 is 8.07 Å². The van der Waals surface area contributed by atoms with Crippen molar-refractivity contribution >= 4 is 56.3 Å². The summed E-state index contributed by atoms with van der Waals surface area (Å²) in [6.07, 6.45) is 5.93. The summed E-state index contributed by atoms with van der Waals surface area (Å²) < 4.78 is 4.44. The summed E-state index contributed by atoms with van der Waals surface area (Å²) in [4.78, 5) is 14.0. The van der Waals surface area contributed by atoms with E-state index in [1.165, 1.54) is 43.0 Å². The Morgan fingerprint density at radius 2 is 1.26 bits per heavy atom. The highest BCUT2D eigenvalue weighted by Crippen LogP contribution is 2.33. The highest BCUT2D eigenvalue weighted by molar-refractivity contribution is 7.20. The van der Waals surface area contributed by atoms with Crippen LogP contribution in [-0.4, -0.2) is 27.2 Å². The normalized spacial score (nSPS) is 11.9. The first-order chi connectivity index (χ1) is 27.7. The second kappa shape index (κ2) is 14.0. The van der Waals surface area contributed by atoms with Crippen LogP contribution in [0.3, 0.4) is 0 Å². The molecular formula is C51H43N5Si. The van der Waals surface area contributed by atoms with Gasteiger partial charge in [0, 0.05) is 23.2 Å². The molecule has 3 heterocycles. The van der Waals surface area contributed by atoms with Gasteiger partial charge in [-0.15, -0.1) is 0 Å². The Bertz CT molecular complexity index is 2920. The van der Waals surface area contributed by atoms with Crippen LogP contribution in [-0.2, 0) is 5.41 Å². The number of fused-ring (bicyclic) bond motifs is 3. The van der Waals surface area contributed by atoms with E-state index in [4.69, 9.17) is 16.5 Å². The van der Waals surface area contributed by atoms with Crippen LogP contribution in [0.1, 0.15) is 37.5 Å². The predicted molar refractivity (Wildman–Crippen MR) is 239 cm³/mol. The molecule has 6 aromatic carbocycles. The van der Waals surface area contributed by atoms with Gasteiger partial charge < -0.3 is 4.57 Å². The molecule has 5 nitrogen and oxygen atoms in total. The van der Waals surface area contributed by atoms with Crippen molar-refractivity contribution in [3.63, 3.8) is 0 Å². The van der Waals surface area contributed by atoms with Gasteiger partial charge in [0.1, 0.15) is 5.82 Å². The topological polar surface area (TPSA) is 40.0 Å². The summed E-state index contributed by atoms with van der Waals surface area (Å²) >= 11 is 0. The molecule has 57 heavy (non-hydrogen) atoms. The second-order valence-electron chi connectivity index (χ2n) is 16.0. The molecule has 0 radical (unpaired) electrons. The Balaban J connectivity index is 1.35. The summed E-state index contributed by atoms with van der Waals surface area (Å²) in [7, 11) is -3.13. The van der Waals surface area contributed by atoms with Crippen LogP contribution < -0.4 is 20.7 Å². The number of para-hydroxylation sites is 2. The van der Waals surface area contributed by atoms with Gasteiger partial charge in [0.2, 0.25) is 0 Å². The highest BCUT2D eigenvalue weighted by atomic mass is 28.3. The fourth-order valence-corrected chi connectivity index (χ4v) is 13.5. The van der Waals surface area contributed by atoms with Gasteiger partial charge in [0.25, 0.3) is 0 Å². The number of aromatic nitrogens is 4. The smallest absolute Gasteiger partial charge is 0.187 e. The van der Waals surface area contributed by atoms with Crippen molar-refractivity contribution in [1.29, 1.82) is 0 Å². The van der Waals surface area contributed by atoms with Gasteiger partial charge in [-0.05, 0) is 87.4 Å². The maximum atomic E-state index is 8.37. The van der Waals surface area contributed by atoms with Crippen LogP contribution in [0, 0.1) is 20.4 Å². The molecular weight excluding hydrogens is 711 g/mol. The third kappa shape index (κ3) is 6.08. The van der Waals surface area contributed by atoms with E-state index >= 15 is 0 Å². The fraction of sp³-hybridized carbons (Fsp3) is 0.118. The maximum absolute atomic E-state index is 8.37. The first-order valence-corrected chi connectivity index (χ1v) is 21.4. The summed E-state index contributed by atoms with van der Waals surface area (Å²) in [5.74, 6) is 0.897. The molecule has 9 aromatic rings. The average Bonchev–Trinajstić information content (AvgIpc) is 3.85. The molecule has 0 aliphatic rings. The maximum Gasteiger partial charge on any atom is 0.187 e. The molecule has 0 saturated carbocycles. The van der Waals surface area contributed by atoms with Crippen LogP contribution in [0.4, 0.5) is 5.69 Å². The first-order valence-electron chi connectivity index (χ1n) is 19.4. The molecule has 0 bridgehead atoms. The molecule has 0 amide bonds. The first kappa shape index (κ1) is 35.9. The molecule has 6 heteroatoms. The van der Waals surface area contributed by atoms with Gasteiger partial charge >= 0.3 is 0 Å². The van der Waals surface area contributed by atoms with E-state index in [0.717, 1.165) is 39.0 Å². The van der Waals surface area contributed by atoms with Crippen LogP contribution in [0.5, 0.6) is 0 Å². The zero-order valence-electron chi connectivity index (χ0n) is 32.9. The van der Waals surface area contributed by atoms with Crippen molar-refractivity contribution in [1.82, 2.24) is 19.1 Å². The summed E-state index contributed by atoms with van der Waals surface area (Å²) in [5, 5.41) is 7.18. The fourth-order valence-electron chi connectivity index (χ4n) is 8.68. The summed E-state index contributed by atoms with van der Waals surface area (Å²) in [5.41, 5.74) is 9.24. The summed E-state index contributed by atoms with van der Waals surface area (Å²) in [6, 6.07) is 54.6. The lowest BCUT2D eigenvalue weighted by Gasteiger charge is -2.35. The minimum atomic E-state index is -3.13. The van der Waals surface area contributed by atoms with Gasteiger partial charge in [-0.1, -0.05) is 147 Å². The largest absolute Gasteiger partial charge is 0.305 e. The molecule has 0 unspecified atom stereocenters. The number of nitrogens with zero attached hydrogens (tertiary/aromatic N) is 5. The molecule has 0 fully saturated rings. The van der Waals surface area contributed by atoms with Gasteiger partial charge in [0.05, 0.1) is 35.3 Å². The highest BCUT2D eigenvalue weighted by Gasteiger charge is 2.42. The van der Waals surface area contributed by atoms with E-state index in [2.05, 4.69) is 200 Å². The number of rotatable bonds is 7. The van der Waals surface area contributed by atoms with Crippen molar-refractivity contribution in [2.45, 2.75) is 40.0 Å². The lowest BCUT2D eigenvalue weighted by atomic mass is 9.88. The zero-order chi connectivity index (χ0) is 39.3. The Labute approximate surface area is 335 Å². The number of imidazole rings is 1. The minimum absolute atomic E-state index is 0.0372. The number of benzene rings is 6. The molecule has 0 spiro atoms. The Hall–Kier alpha value is -6.81. The van der Waals surface area contributed by atoms with Gasteiger partial charge in [-0.2, -0.15) is 0 Å². The van der Waals surface area contributed by atoms with Crippen molar-refractivity contribution in [2.75, 3.05) is 0 Å². The Morgan fingerprint density at radius 3 is 1.95 bits per heavy atom. The zero-order valence-corrected chi connectivity index (χ0v) is 33.9. The van der Waals surface area contributed by atoms with Crippen molar-refractivity contribution in [3.8, 4) is 22.8 Å². The van der Waals surface area contributed by atoms with E-state index in [0.29, 0.717) is 5.69 Å². The number of pyridine rings is 1. The van der Waals surface area contributed by atoms with E-state index in [-0.39, 0.29) is 5.41 Å².